The maximum atomic E-state index is 11.6. The summed E-state index contributed by atoms with van der Waals surface area (Å²) in [4.78, 5) is 34.3. The lowest BCUT2D eigenvalue weighted by atomic mass is 10.4. The maximum absolute atomic E-state index is 11.6. The third-order valence-corrected chi connectivity index (χ3v) is 2.34. The normalized spacial score (nSPS) is 9.95. The highest BCUT2D eigenvalue weighted by atomic mass is 16.2. The quantitative estimate of drug-likeness (QED) is 0.618. The van der Waals surface area contributed by atoms with Crippen LogP contribution in [0.1, 0.15) is 13.3 Å². The Morgan fingerprint density at radius 3 is 2.68 bits per heavy atom. The Morgan fingerprint density at radius 1 is 1.26 bits per heavy atom. The van der Waals surface area contributed by atoms with E-state index >= 15 is 0 Å². The second kappa shape index (κ2) is 7.20. The number of amides is 2. The number of pyridine rings is 1. The minimum atomic E-state index is -0.417. The van der Waals surface area contributed by atoms with Crippen LogP contribution in [0.4, 0.5) is 5.69 Å². The molecule has 0 aliphatic rings. The molecule has 19 heavy (non-hydrogen) atoms. The molecule has 0 fully saturated rings. The van der Waals surface area contributed by atoms with Gasteiger partial charge in [-0.3, -0.25) is 14.4 Å². The van der Waals surface area contributed by atoms with Crippen molar-refractivity contribution in [2.45, 2.75) is 19.9 Å². The predicted octanol–water partition coefficient (Wildman–Crippen LogP) is -0.927. The molecule has 1 aromatic heterocycles. The number of carbonyl (C=O) groups is 2. The van der Waals surface area contributed by atoms with Gasteiger partial charge in [-0.25, -0.2) is 0 Å². The molecule has 0 spiro atoms. The first-order chi connectivity index (χ1) is 9.02. The smallest absolute Gasteiger partial charge is 0.251 e. The lowest BCUT2D eigenvalue weighted by Gasteiger charge is -2.08. The Bertz CT molecular complexity index is 510. The molecular weight excluding hydrogens is 248 g/mol. The highest BCUT2D eigenvalue weighted by Gasteiger charge is 2.06. The summed E-state index contributed by atoms with van der Waals surface area (Å²) in [5.41, 5.74) is 5.60. The maximum Gasteiger partial charge on any atom is 0.251 e. The average molecular weight is 266 g/mol. The van der Waals surface area contributed by atoms with Crippen molar-refractivity contribution < 1.29 is 9.59 Å². The Morgan fingerprint density at radius 2 is 2.00 bits per heavy atom. The Hall–Kier alpha value is -2.31. The summed E-state index contributed by atoms with van der Waals surface area (Å²) in [5.74, 6) is -0.672. The van der Waals surface area contributed by atoms with Gasteiger partial charge >= 0.3 is 0 Å². The zero-order chi connectivity index (χ0) is 14.3. The van der Waals surface area contributed by atoms with Gasteiger partial charge in [0.25, 0.3) is 5.56 Å². The van der Waals surface area contributed by atoms with Gasteiger partial charge in [0.2, 0.25) is 11.8 Å². The van der Waals surface area contributed by atoms with Gasteiger partial charge in [-0.15, -0.1) is 0 Å². The van der Waals surface area contributed by atoms with Gasteiger partial charge in [-0.1, -0.05) is 6.92 Å². The highest BCUT2D eigenvalue weighted by Crippen LogP contribution is 1.95. The number of hydrogen-bond donors (Lipinski definition) is 3. The molecule has 0 unspecified atom stereocenters. The van der Waals surface area contributed by atoms with E-state index in [-0.39, 0.29) is 24.6 Å². The van der Waals surface area contributed by atoms with E-state index < -0.39 is 5.91 Å². The largest absolute Gasteiger partial charge is 0.398 e. The standard InChI is InChI=1S/C12H18N4O3/c1-2-5-14-10(17)6-15-11(18)8-16-7-9(13)3-4-12(16)19/h3-4,7H,2,5-6,8,13H2,1H3,(H,14,17)(H,15,18). The van der Waals surface area contributed by atoms with Crippen LogP contribution in [0.3, 0.4) is 0 Å². The molecule has 104 valence electrons. The Kier molecular flexibility index (Phi) is 5.59. The number of nitrogen functional groups attached to an aromatic ring is 1. The minimum absolute atomic E-state index is 0.101. The van der Waals surface area contributed by atoms with Gasteiger partial charge in [0.15, 0.2) is 0 Å². The molecule has 1 rings (SSSR count). The van der Waals surface area contributed by atoms with Gasteiger partial charge in [0.05, 0.1) is 6.54 Å². The van der Waals surface area contributed by atoms with Crippen LogP contribution < -0.4 is 21.9 Å². The summed E-state index contributed by atoms with van der Waals surface area (Å²) in [7, 11) is 0. The van der Waals surface area contributed by atoms with Crippen molar-refractivity contribution in [1.82, 2.24) is 15.2 Å². The number of anilines is 1. The van der Waals surface area contributed by atoms with Crippen LogP contribution in [0.15, 0.2) is 23.1 Å². The van der Waals surface area contributed by atoms with E-state index in [1.54, 1.807) is 0 Å². The first-order valence-corrected chi connectivity index (χ1v) is 6.02. The van der Waals surface area contributed by atoms with Crippen molar-refractivity contribution in [3.05, 3.63) is 28.7 Å². The molecule has 7 heteroatoms. The van der Waals surface area contributed by atoms with E-state index in [2.05, 4.69) is 10.6 Å². The van der Waals surface area contributed by atoms with Crippen molar-refractivity contribution in [2.24, 2.45) is 0 Å². The number of nitrogens with one attached hydrogen (secondary N) is 2. The molecule has 0 bridgehead atoms. The zero-order valence-corrected chi connectivity index (χ0v) is 10.8. The van der Waals surface area contributed by atoms with Gasteiger partial charge in [-0.2, -0.15) is 0 Å². The van der Waals surface area contributed by atoms with Crippen LogP contribution in [0.5, 0.6) is 0 Å². The molecular formula is C12H18N4O3. The molecule has 0 radical (unpaired) electrons. The third-order valence-electron chi connectivity index (χ3n) is 2.34. The van der Waals surface area contributed by atoms with Crippen LogP contribution in [0.25, 0.3) is 0 Å². The van der Waals surface area contributed by atoms with Gasteiger partial charge in [-0.05, 0) is 12.5 Å². The second-order valence-electron chi connectivity index (χ2n) is 4.06. The lowest BCUT2D eigenvalue weighted by molar-refractivity contribution is -0.126. The SMILES string of the molecule is CCCNC(=O)CNC(=O)Cn1cc(N)ccc1=O. The van der Waals surface area contributed by atoms with Gasteiger partial charge in [0.1, 0.15) is 6.54 Å². The minimum Gasteiger partial charge on any atom is -0.398 e. The van der Waals surface area contributed by atoms with E-state index in [1.165, 1.54) is 22.9 Å². The Labute approximate surface area is 110 Å². The van der Waals surface area contributed by atoms with Crippen LogP contribution >= 0.6 is 0 Å². The lowest BCUT2D eigenvalue weighted by Crippen LogP contribution is -2.39. The fourth-order valence-electron chi connectivity index (χ4n) is 1.39. The van der Waals surface area contributed by atoms with E-state index in [1.807, 2.05) is 6.92 Å². The molecule has 7 nitrogen and oxygen atoms in total. The summed E-state index contributed by atoms with van der Waals surface area (Å²) in [6.07, 6.45) is 2.22. The number of nitrogens with zero attached hydrogens (tertiary/aromatic N) is 1. The number of carbonyl (C=O) groups excluding carboxylic acids is 2. The molecule has 0 aliphatic heterocycles. The van der Waals surface area contributed by atoms with E-state index in [0.29, 0.717) is 12.2 Å². The molecule has 0 aromatic carbocycles. The monoisotopic (exact) mass is 266 g/mol. The van der Waals surface area contributed by atoms with Crippen LogP contribution in [-0.4, -0.2) is 29.5 Å². The van der Waals surface area contributed by atoms with Crippen molar-refractivity contribution in [3.8, 4) is 0 Å². The van der Waals surface area contributed by atoms with Crippen LogP contribution in [0.2, 0.25) is 0 Å². The highest BCUT2D eigenvalue weighted by molar-refractivity contribution is 5.84. The fraction of sp³-hybridized carbons (Fsp3) is 0.417. The molecule has 0 saturated carbocycles. The topological polar surface area (TPSA) is 106 Å². The van der Waals surface area contributed by atoms with Crippen molar-refractivity contribution in [2.75, 3.05) is 18.8 Å². The number of aromatic nitrogens is 1. The molecule has 1 aromatic rings. The summed E-state index contributed by atoms with van der Waals surface area (Å²) in [6.45, 7) is 2.25. The summed E-state index contributed by atoms with van der Waals surface area (Å²) < 4.78 is 1.19. The summed E-state index contributed by atoms with van der Waals surface area (Å²) in [6, 6.07) is 2.76. The molecule has 0 saturated heterocycles. The first-order valence-electron chi connectivity index (χ1n) is 6.02. The van der Waals surface area contributed by atoms with Crippen molar-refractivity contribution in [1.29, 1.82) is 0 Å². The summed E-state index contributed by atoms with van der Waals surface area (Å²) in [5, 5.41) is 5.06. The van der Waals surface area contributed by atoms with E-state index in [9.17, 15) is 14.4 Å². The van der Waals surface area contributed by atoms with E-state index in [0.717, 1.165) is 6.42 Å². The fourth-order valence-corrected chi connectivity index (χ4v) is 1.39. The van der Waals surface area contributed by atoms with Gasteiger partial charge < -0.3 is 20.9 Å². The average Bonchev–Trinajstić information content (AvgIpc) is 2.38. The Balaban J connectivity index is 2.45. The molecule has 4 N–H and O–H groups in total. The van der Waals surface area contributed by atoms with Gasteiger partial charge in [0, 0.05) is 24.5 Å². The molecule has 0 aliphatic carbocycles. The summed E-state index contributed by atoms with van der Waals surface area (Å²) >= 11 is 0. The van der Waals surface area contributed by atoms with Crippen molar-refractivity contribution in [3.63, 3.8) is 0 Å². The van der Waals surface area contributed by atoms with E-state index in [4.69, 9.17) is 5.73 Å². The van der Waals surface area contributed by atoms with Crippen LogP contribution in [0, 0.1) is 0 Å². The van der Waals surface area contributed by atoms with Crippen LogP contribution in [-0.2, 0) is 16.1 Å². The molecule has 2 amide bonds. The molecule has 1 heterocycles. The first kappa shape index (κ1) is 14.7. The number of nitrogens with two attached hydrogens (primary N) is 1. The predicted molar refractivity (Wildman–Crippen MR) is 71.4 cm³/mol. The van der Waals surface area contributed by atoms with Crippen molar-refractivity contribution >= 4 is 17.5 Å². The number of hydrogen-bond acceptors (Lipinski definition) is 4. The zero-order valence-electron chi connectivity index (χ0n) is 10.8. The second-order valence-corrected chi connectivity index (χ2v) is 4.06. The molecule has 0 atom stereocenters. The number of rotatable bonds is 6. The third kappa shape index (κ3) is 5.24.